The molecular weight excluding hydrogens is 382 g/mol. The van der Waals surface area contributed by atoms with E-state index in [1.165, 1.54) is 9.58 Å². The number of hydrogen-bond acceptors (Lipinski definition) is 6. The van der Waals surface area contributed by atoms with Gasteiger partial charge in [0.1, 0.15) is 16.8 Å². The fourth-order valence-electron chi connectivity index (χ4n) is 3.24. The molecule has 0 aromatic carbocycles. The van der Waals surface area contributed by atoms with E-state index in [1.807, 2.05) is 6.07 Å². The summed E-state index contributed by atoms with van der Waals surface area (Å²) in [6.45, 7) is 7.33. The number of likely N-dealkylation sites (tertiary alicyclic amines) is 1. The normalized spacial score (nSPS) is 19.5. The number of β-amino-alcohol motifs (C(OH)–C–C–N with tert-alkyl or cyclic N) is 1. The lowest BCUT2D eigenvalue weighted by Gasteiger charge is -2.29. The summed E-state index contributed by atoms with van der Waals surface area (Å²) in [5.74, 6) is 0.416. The van der Waals surface area contributed by atoms with Crippen LogP contribution in [0.4, 0.5) is 4.79 Å². The lowest BCUT2D eigenvalue weighted by molar-refractivity contribution is 0.0206. The molecule has 3 heterocycles. The lowest BCUT2D eigenvalue weighted by Crippen LogP contribution is -2.37. The van der Waals surface area contributed by atoms with Crippen LogP contribution in [0, 0.1) is 18.3 Å². The Bertz CT molecular complexity index is 944. The number of aryl methyl sites for hydroxylation is 1. The minimum absolute atomic E-state index is 0.156. The summed E-state index contributed by atoms with van der Waals surface area (Å²) in [7, 11) is 0. The van der Waals surface area contributed by atoms with Crippen molar-refractivity contribution in [1.82, 2.24) is 19.7 Å². The Labute approximate surface area is 168 Å². The van der Waals surface area contributed by atoms with Gasteiger partial charge in [-0.25, -0.2) is 14.5 Å². The molecule has 1 N–H and O–H groups in total. The van der Waals surface area contributed by atoms with Crippen LogP contribution in [-0.2, 0) is 4.74 Å². The quantitative estimate of drug-likeness (QED) is 0.772. The number of aliphatic hydroxyl groups excluding tert-OH is 1. The third-order valence-corrected chi connectivity index (χ3v) is 4.55. The zero-order valence-electron chi connectivity index (χ0n) is 16.2. The summed E-state index contributed by atoms with van der Waals surface area (Å²) in [5.41, 5.74) is 0.967. The van der Waals surface area contributed by atoms with E-state index in [2.05, 4.69) is 10.1 Å². The molecule has 148 valence electrons. The van der Waals surface area contributed by atoms with E-state index in [-0.39, 0.29) is 17.4 Å². The van der Waals surface area contributed by atoms with Gasteiger partial charge in [0.25, 0.3) is 0 Å². The molecule has 0 spiro atoms. The molecule has 8 nitrogen and oxygen atoms in total. The molecule has 3 rings (SSSR count). The summed E-state index contributed by atoms with van der Waals surface area (Å²) in [5, 5.41) is 23.9. The Hall–Kier alpha value is -2.63. The van der Waals surface area contributed by atoms with Gasteiger partial charge in [0.05, 0.1) is 18.7 Å². The molecule has 2 aromatic rings. The van der Waals surface area contributed by atoms with Crippen LogP contribution < -0.4 is 0 Å². The summed E-state index contributed by atoms with van der Waals surface area (Å²) in [4.78, 5) is 18.6. The van der Waals surface area contributed by atoms with Crippen molar-refractivity contribution in [3.63, 3.8) is 0 Å². The highest BCUT2D eigenvalue weighted by Gasteiger charge is 2.39. The summed E-state index contributed by atoms with van der Waals surface area (Å²) >= 11 is 6.11. The molecule has 2 aromatic heterocycles. The first-order chi connectivity index (χ1) is 13.1. The highest BCUT2D eigenvalue weighted by atomic mass is 35.5. The van der Waals surface area contributed by atoms with Crippen LogP contribution in [0.15, 0.2) is 18.2 Å². The average Bonchev–Trinajstić information content (AvgIpc) is 3.16. The third kappa shape index (κ3) is 4.11. The molecular formula is C19H22ClN5O3. The number of halogens is 1. The number of nitriles is 1. The van der Waals surface area contributed by atoms with Crippen molar-refractivity contribution in [2.24, 2.45) is 0 Å². The van der Waals surface area contributed by atoms with Crippen molar-refractivity contribution < 1.29 is 14.6 Å². The molecule has 9 heteroatoms. The van der Waals surface area contributed by atoms with E-state index in [0.717, 1.165) is 0 Å². The Morgan fingerprint density at radius 2 is 2.14 bits per heavy atom. The molecule has 1 fully saturated rings. The Kier molecular flexibility index (Phi) is 5.33. The monoisotopic (exact) mass is 403 g/mol. The number of pyridine rings is 1. The van der Waals surface area contributed by atoms with Crippen molar-refractivity contribution in [3.8, 4) is 11.9 Å². The molecule has 2 unspecified atom stereocenters. The fraction of sp³-hybridized carbons (Fsp3) is 0.474. The smallest absolute Gasteiger partial charge is 0.410 e. The van der Waals surface area contributed by atoms with Crippen LogP contribution in [0.25, 0.3) is 5.82 Å². The zero-order chi connectivity index (χ0) is 20.6. The fourth-order valence-corrected chi connectivity index (χ4v) is 3.38. The third-order valence-electron chi connectivity index (χ3n) is 4.34. The van der Waals surface area contributed by atoms with Crippen LogP contribution >= 0.6 is 11.6 Å². The number of hydrogen-bond donors (Lipinski definition) is 1. The second-order valence-electron chi connectivity index (χ2n) is 7.78. The largest absolute Gasteiger partial charge is 0.444 e. The van der Waals surface area contributed by atoms with Crippen molar-refractivity contribution in [3.05, 3.63) is 40.3 Å². The maximum Gasteiger partial charge on any atom is 0.410 e. The van der Waals surface area contributed by atoms with Crippen LogP contribution in [-0.4, -0.2) is 49.1 Å². The minimum Gasteiger partial charge on any atom is -0.444 e. The Morgan fingerprint density at radius 1 is 1.43 bits per heavy atom. The highest BCUT2D eigenvalue weighted by Crippen LogP contribution is 2.36. The van der Waals surface area contributed by atoms with E-state index in [0.29, 0.717) is 23.5 Å². The molecule has 0 radical (unpaired) electrons. The van der Waals surface area contributed by atoms with Gasteiger partial charge in [-0.3, -0.25) is 4.90 Å². The maximum absolute atomic E-state index is 12.7. The molecule has 1 aliphatic rings. The molecule has 0 saturated carbocycles. The van der Waals surface area contributed by atoms with Crippen molar-refractivity contribution in [1.29, 1.82) is 5.26 Å². The second-order valence-corrected chi connectivity index (χ2v) is 8.17. The zero-order valence-corrected chi connectivity index (χ0v) is 16.9. The first-order valence-electron chi connectivity index (χ1n) is 8.90. The van der Waals surface area contributed by atoms with Gasteiger partial charge < -0.3 is 9.84 Å². The minimum atomic E-state index is -0.686. The van der Waals surface area contributed by atoms with E-state index in [9.17, 15) is 9.90 Å². The van der Waals surface area contributed by atoms with Gasteiger partial charge in [-0.1, -0.05) is 17.7 Å². The van der Waals surface area contributed by atoms with Crippen molar-refractivity contribution in [2.45, 2.75) is 51.9 Å². The molecule has 28 heavy (non-hydrogen) atoms. The van der Waals surface area contributed by atoms with E-state index < -0.39 is 23.8 Å². The van der Waals surface area contributed by atoms with E-state index in [4.69, 9.17) is 21.6 Å². The van der Waals surface area contributed by atoms with Crippen molar-refractivity contribution in [2.75, 3.05) is 6.54 Å². The second kappa shape index (κ2) is 7.41. The molecule has 0 bridgehead atoms. The first kappa shape index (κ1) is 20.1. The molecule has 2 atom stereocenters. The van der Waals surface area contributed by atoms with Gasteiger partial charge in [-0.2, -0.15) is 10.4 Å². The number of carbonyl (C=O) groups excluding carboxylic acids is 1. The van der Waals surface area contributed by atoms with Gasteiger partial charge >= 0.3 is 6.09 Å². The lowest BCUT2D eigenvalue weighted by atomic mass is 10.0. The van der Waals surface area contributed by atoms with Gasteiger partial charge in [0.15, 0.2) is 11.5 Å². The summed E-state index contributed by atoms with van der Waals surface area (Å²) < 4.78 is 7.03. The van der Waals surface area contributed by atoms with Gasteiger partial charge in [0, 0.05) is 11.3 Å². The standard InChI is InChI=1S/C19H22ClN5O3/c1-11-7-12(9-21)23-25(11)17-14(5-6-16(20)22-17)15-8-13(26)10-24(15)18(27)28-19(2,3)4/h5-7,13,15,26H,8,10H2,1-4H3. The highest BCUT2D eigenvalue weighted by molar-refractivity contribution is 6.29. The van der Waals surface area contributed by atoms with E-state index >= 15 is 0 Å². The Morgan fingerprint density at radius 3 is 2.75 bits per heavy atom. The topological polar surface area (TPSA) is 104 Å². The van der Waals surface area contributed by atoms with Crippen LogP contribution in [0.3, 0.4) is 0 Å². The molecule has 1 amide bonds. The number of ether oxygens (including phenoxy) is 1. The number of amides is 1. The van der Waals surface area contributed by atoms with Crippen LogP contribution in [0.5, 0.6) is 0 Å². The van der Waals surface area contributed by atoms with Gasteiger partial charge in [-0.15, -0.1) is 0 Å². The predicted octanol–water partition coefficient (Wildman–Crippen LogP) is 3.14. The van der Waals surface area contributed by atoms with Crippen LogP contribution in [0.2, 0.25) is 5.15 Å². The first-order valence-corrected chi connectivity index (χ1v) is 9.28. The molecule has 0 aliphatic carbocycles. The number of nitrogens with zero attached hydrogens (tertiary/aromatic N) is 5. The Balaban J connectivity index is 2.06. The van der Waals surface area contributed by atoms with Gasteiger partial charge in [0.2, 0.25) is 0 Å². The van der Waals surface area contributed by atoms with Crippen LogP contribution in [0.1, 0.15) is 50.2 Å². The van der Waals surface area contributed by atoms with Gasteiger partial charge in [-0.05, 0) is 46.2 Å². The molecule has 1 saturated heterocycles. The molecule has 1 aliphatic heterocycles. The number of carbonyl (C=O) groups is 1. The SMILES string of the molecule is Cc1cc(C#N)nn1-c1nc(Cl)ccc1C1CC(O)CN1C(=O)OC(C)(C)C. The average molecular weight is 404 g/mol. The predicted molar refractivity (Wildman–Crippen MR) is 102 cm³/mol. The number of aromatic nitrogens is 3. The number of rotatable bonds is 2. The van der Waals surface area contributed by atoms with E-state index in [1.54, 1.807) is 45.9 Å². The van der Waals surface area contributed by atoms with Crippen molar-refractivity contribution >= 4 is 17.7 Å². The maximum atomic E-state index is 12.7. The number of aliphatic hydroxyl groups is 1. The summed E-state index contributed by atoms with van der Waals surface area (Å²) in [6.07, 6.45) is -0.861. The summed E-state index contributed by atoms with van der Waals surface area (Å²) in [6, 6.07) is 6.57.